The predicted molar refractivity (Wildman–Crippen MR) is 148 cm³/mol. The van der Waals surface area contributed by atoms with Crippen molar-refractivity contribution in [3.05, 3.63) is 107 Å². The lowest BCUT2D eigenvalue weighted by Crippen LogP contribution is -2.43. The molecule has 1 aliphatic rings. The van der Waals surface area contributed by atoms with Crippen LogP contribution in [0.1, 0.15) is 22.3 Å². The summed E-state index contributed by atoms with van der Waals surface area (Å²) < 4.78 is 42.2. The van der Waals surface area contributed by atoms with E-state index < -0.39 is 34.2 Å². The zero-order valence-corrected chi connectivity index (χ0v) is 22.1. The van der Waals surface area contributed by atoms with Crippen LogP contribution in [0.25, 0.3) is 17.0 Å². The molecule has 3 aromatic carbocycles. The Morgan fingerprint density at radius 2 is 1.79 bits per heavy atom. The van der Waals surface area contributed by atoms with Gasteiger partial charge in [0.05, 0.1) is 23.0 Å². The van der Waals surface area contributed by atoms with Crippen molar-refractivity contribution in [2.75, 3.05) is 11.2 Å². The number of para-hydroxylation sites is 1. The van der Waals surface area contributed by atoms with E-state index in [0.717, 1.165) is 33.7 Å². The van der Waals surface area contributed by atoms with Crippen LogP contribution in [0.4, 0.5) is 25.1 Å². The Morgan fingerprint density at radius 3 is 2.49 bits per heavy atom. The molecule has 4 aromatic rings. The van der Waals surface area contributed by atoms with E-state index in [0.29, 0.717) is 29.1 Å². The number of aryl methyl sites for hydroxylation is 1. The molecule has 0 aliphatic carbocycles. The molecule has 0 spiro atoms. The molecule has 7 nitrogen and oxygen atoms in total. The molecule has 1 unspecified atom stereocenters. The van der Waals surface area contributed by atoms with Crippen molar-refractivity contribution < 1.29 is 17.8 Å². The molecule has 0 saturated heterocycles. The first kappa shape index (κ1) is 26.2. The predicted octanol–water partition coefficient (Wildman–Crippen LogP) is 5.59. The summed E-state index contributed by atoms with van der Waals surface area (Å²) in [6, 6.07) is 18.2. The number of nitrogens with one attached hydrogen (secondary N) is 2. The van der Waals surface area contributed by atoms with Gasteiger partial charge in [-0.1, -0.05) is 55.1 Å². The van der Waals surface area contributed by atoms with Gasteiger partial charge in [-0.3, -0.25) is 4.21 Å². The van der Waals surface area contributed by atoms with E-state index in [1.165, 1.54) is 12.3 Å². The third kappa shape index (κ3) is 5.15. The van der Waals surface area contributed by atoms with Crippen molar-refractivity contribution in [1.29, 1.82) is 0 Å². The van der Waals surface area contributed by atoms with E-state index >= 15 is 0 Å². The SMILES string of the molecule is C=C(NCc1ccccc1)c1ccc(C)c(-c2nc(S(C)=O)nc3c2CNC(=O)N3c2c(F)cccc2F)c1. The minimum atomic E-state index is -1.65. The molecular formula is C29H25F2N5O2S. The van der Waals surface area contributed by atoms with Crippen molar-refractivity contribution in [3.63, 3.8) is 0 Å². The maximum Gasteiger partial charge on any atom is 0.328 e. The second kappa shape index (κ2) is 10.7. The highest BCUT2D eigenvalue weighted by molar-refractivity contribution is 7.84. The third-order valence-electron chi connectivity index (χ3n) is 6.40. The Morgan fingerprint density at radius 1 is 1.08 bits per heavy atom. The quantitative estimate of drug-likeness (QED) is 0.296. The van der Waals surface area contributed by atoms with Crippen LogP contribution < -0.4 is 15.5 Å². The zero-order valence-electron chi connectivity index (χ0n) is 21.3. The number of urea groups is 1. The molecule has 2 N–H and O–H groups in total. The van der Waals surface area contributed by atoms with E-state index in [-0.39, 0.29) is 17.5 Å². The number of carbonyl (C=O) groups excluding carboxylic acids is 1. The van der Waals surface area contributed by atoms with Crippen LogP contribution in [0.5, 0.6) is 0 Å². The van der Waals surface area contributed by atoms with E-state index in [1.54, 1.807) is 0 Å². The maximum absolute atomic E-state index is 14.8. The van der Waals surface area contributed by atoms with E-state index in [4.69, 9.17) is 0 Å². The van der Waals surface area contributed by atoms with Gasteiger partial charge in [0.25, 0.3) is 0 Å². The minimum Gasteiger partial charge on any atom is -0.381 e. The first-order chi connectivity index (χ1) is 18.7. The Balaban J connectivity index is 1.62. The highest BCUT2D eigenvalue weighted by atomic mass is 32.2. The van der Waals surface area contributed by atoms with Crippen molar-refractivity contribution in [3.8, 4) is 11.3 Å². The molecule has 198 valence electrons. The second-order valence-electron chi connectivity index (χ2n) is 9.02. The van der Waals surface area contributed by atoms with Crippen molar-refractivity contribution in [1.82, 2.24) is 20.6 Å². The first-order valence-electron chi connectivity index (χ1n) is 12.1. The summed E-state index contributed by atoms with van der Waals surface area (Å²) in [6.07, 6.45) is 1.40. The van der Waals surface area contributed by atoms with Crippen molar-refractivity contribution >= 4 is 34.0 Å². The van der Waals surface area contributed by atoms with Crippen LogP contribution in [0.2, 0.25) is 0 Å². The lowest BCUT2D eigenvalue weighted by Gasteiger charge is -2.30. The topological polar surface area (TPSA) is 87.2 Å². The maximum atomic E-state index is 14.8. The Labute approximate surface area is 227 Å². The number of hydrogen-bond acceptors (Lipinski definition) is 5. The van der Waals surface area contributed by atoms with E-state index in [9.17, 15) is 17.8 Å². The van der Waals surface area contributed by atoms with Crippen LogP contribution in [-0.2, 0) is 23.9 Å². The van der Waals surface area contributed by atoms with Gasteiger partial charge in [0.1, 0.15) is 17.3 Å². The molecular weight excluding hydrogens is 520 g/mol. The van der Waals surface area contributed by atoms with Gasteiger partial charge in [-0.25, -0.2) is 28.4 Å². The minimum absolute atomic E-state index is 0.0174. The smallest absolute Gasteiger partial charge is 0.328 e. The van der Waals surface area contributed by atoms with Crippen molar-refractivity contribution in [2.45, 2.75) is 25.2 Å². The summed E-state index contributed by atoms with van der Waals surface area (Å²) in [4.78, 5) is 22.7. The molecule has 2 heterocycles. The number of aromatic nitrogens is 2. The summed E-state index contributed by atoms with van der Waals surface area (Å²) in [5.74, 6) is -1.89. The zero-order chi connectivity index (χ0) is 27.7. The van der Waals surface area contributed by atoms with E-state index in [1.807, 2.05) is 55.5 Å². The molecule has 1 aliphatic heterocycles. The van der Waals surface area contributed by atoms with Crippen LogP contribution in [0.15, 0.2) is 78.5 Å². The van der Waals surface area contributed by atoms with Gasteiger partial charge in [0.15, 0.2) is 5.82 Å². The number of amides is 2. The van der Waals surface area contributed by atoms with E-state index in [2.05, 4.69) is 27.2 Å². The van der Waals surface area contributed by atoms with Gasteiger partial charge in [-0.15, -0.1) is 0 Å². The highest BCUT2D eigenvalue weighted by Gasteiger charge is 2.34. The fraction of sp³-hybridized carbons (Fsp3) is 0.138. The van der Waals surface area contributed by atoms with Crippen LogP contribution in [-0.4, -0.2) is 26.5 Å². The number of fused-ring (bicyclic) bond motifs is 1. The van der Waals surface area contributed by atoms with Gasteiger partial charge >= 0.3 is 6.03 Å². The molecule has 2 amide bonds. The standard InChI is InChI=1S/C29H25F2N5O2S/c1-17-12-13-20(18(2)32-15-19-8-5-4-6-9-19)14-21(17)25-22-16-33-29(37)36(26-23(30)10-7-11-24(26)31)27(22)35-28(34-25)39(3)38/h4-14,32H,2,15-16H2,1,3H3,(H,33,37). The summed E-state index contributed by atoms with van der Waals surface area (Å²) in [7, 11) is -1.65. The number of anilines is 2. The molecule has 0 saturated carbocycles. The van der Waals surface area contributed by atoms with Crippen LogP contribution in [0.3, 0.4) is 0 Å². The van der Waals surface area contributed by atoms with Crippen molar-refractivity contribution in [2.24, 2.45) is 0 Å². The lowest BCUT2D eigenvalue weighted by molar-refractivity contribution is 0.246. The normalized spacial score (nSPS) is 13.4. The molecule has 10 heteroatoms. The van der Waals surface area contributed by atoms with Gasteiger partial charge < -0.3 is 10.6 Å². The monoisotopic (exact) mass is 545 g/mol. The van der Waals surface area contributed by atoms with Gasteiger partial charge in [-0.05, 0) is 41.8 Å². The number of benzene rings is 3. The van der Waals surface area contributed by atoms with Crippen LogP contribution >= 0.6 is 0 Å². The summed E-state index contributed by atoms with van der Waals surface area (Å²) in [5, 5.41) is 5.93. The molecule has 0 bridgehead atoms. The Kier molecular flexibility index (Phi) is 7.21. The lowest BCUT2D eigenvalue weighted by atomic mass is 9.97. The summed E-state index contributed by atoms with van der Waals surface area (Å²) in [6.45, 7) is 6.67. The Bertz CT molecular complexity index is 1610. The number of carbonyl (C=O) groups is 1. The number of rotatable bonds is 7. The highest BCUT2D eigenvalue weighted by Crippen LogP contribution is 2.39. The van der Waals surface area contributed by atoms with Gasteiger partial charge in [0, 0.05) is 29.6 Å². The second-order valence-corrected chi connectivity index (χ2v) is 10.3. The fourth-order valence-corrected chi connectivity index (χ4v) is 4.81. The molecule has 0 radical (unpaired) electrons. The van der Waals surface area contributed by atoms with Crippen LogP contribution in [0, 0.1) is 18.6 Å². The third-order valence-corrected chi connectivity index (χ3v) is 7.10. The number of halogens is 2. The number of hydrogen-bond donors (Lipinski definition) is 2. The molecule has 1 aromatic heterocycles. The fourth-order valence-electron chi connectivity index (χ4n) is 4.37. The van der Waals surface area contributed by atoms with Gasteiger partial charge in [-0.2, -0.15) is 0 Å². The molecule has 39 heavy (non-hydrogen) atoms. The molecule has 5 rings (SSSR count). The largest absolute Gasteiger partial charge is 0.381 e. The summed E-state index contributed by atoms with van der Waals surface area (Å²) in [5.41, 5.74) is 4.39. The van der Waals surface area contributed by atoms with Gasteiger partial charge in [0.2, 0.25) is 5.16 Å². The Hall–Kier alpha value is -4.44. The number of nitrogens with zero attached hydrogens (tertiary/aromatic N) is 3. The molecule has 1 atom stereocenters. The average molecular weight is 546 g/mol. The average Bonchev–Trinajstić information content (AvgIpc) is 2.93. The first-order valence-corrected chi connectivity index (χ1v) is 13.6. The molecule has 0 fully saturated rings. The summed E-state index contributed by atoms with van der Waals surface area (Å²) >= 11 is 0.